The van der Waals surface area contributed by atoms with Crippen molar-refractivity contribution in [3.8, 4) is 0 Å². The summed E-state index contributed by atoms with van der Waals surface area (Å²) in [5.74, 6) is 0.0583. The Morgan fingerprint density at radius 3 is 2.53 bits per heavy atom. The summed E-state index contributed by atoms with van der Waals surface area (Å²) < 4.78 is 26.3. The third-order valence-corrected chi connectivity index (χ3v) is 3.85. The number of nitrogen functional groups attached to an aromatic ring is 1. The zero-order valence-electron chi connectivity index (χ0n) is 10.0. The first-order chi connectivity index (χ1) is 7.95. The first-order valence-corrected chi connectivity index (χ1v) is 7.04. The fourth-order valence-electron chi connectivity index (χ4n) is 1.37. The maximum atomic E-state index is 11.9. The predicted octanol–water partition coefficient (Wildman–Crippen LogP) is 0.916. The van der Waals surface area contributed by atoms with Crippen molar-refractivity contribution in [3.05, 3.63) is 12.4 Å². The van der Waals surface area contributed by atoms with Gasteiger partial charge in [0.1, 0.15) is 4.90 Å². The second kappa shape index (κ2) is 5.92. The molecule has 7 heteroatoms. The van der Waals surface area contributed by atoms with Crippen molar-refractivity contribution >= 4 is 16.0 Å². The molecule has 1 rings (SSSR count). The standard InChI is InChI=1S/C10H18N4O2S/c1-3-4-5-8(2)14-17(15,16)9-6-12-10(11)13-7-9/h6-8,14H,3-5H2,1-2H3,(H2,11,12,13). The predicted molar refractivity (Wildman–Crippen MR) is 65.8 cm³/mol. The van der Waals surface area contributed by atoms with Gasteiger partial charge in [-0.3, -0.25) is 0 Å². The third kappa shape index (κ3) is 4.27. The number of sulfonamides is 1. The van der Waals surface area contributed by atoms with Gasteiger partial charge in [-0.05, 0) is 13.3 Å². The fraction of sp³-hybridized carbons (Fsp3) is 0.600. The van der Waals surface area contributed by atoms with Gasteiger partial charge in [-0.15, -0.1) is 0 Å². The molecule has 1 aromatic heterocycles. The number of unbranched alkanes of at least 4 members (excludes halogenated alkanes) is 1. The minimum atomic E-state index is -3.54. The van der Waals surface area contributed by atoms with Crippen LogP contribution in [-0.4, -0.2) is 24.4 Å². The number of nitrogens with zero attached hydrogens (tertiary/aromatic N) is 2. The lowest BCUT2D eigenvalue weighted by Gasteiger charge is -2.13. The van der Waals surface area contributed by atoms with Crippen LogP contribution in [-0.2, 0) is 10.0 Å². The number of aromatic nitrogens is 2. The Bertz CT molecular complexity index is 444. The molecule has 0 amide bonds. The van der Waals surface area contributed by atoms with Crippen molar-refractivity contribution in [2.24, 2.45) is 0 Å². The Kier molecular flexibility index (Phi) is 4.83. The third-order valence-electron chi connectivity index (χ3n) is 2.31. The van der Waals surface area contributed by atoms with E-state index < -0.39 is 10.0 Å². The lowest BCUT2D eigenvalue weighted by Crippen LogP contribution is -2.32. The van der Waals surface area contributed by atoms with E-state index in [0.717, 1.165) is 19.3 Å². The van der Waals surface area contributed by atoms with E-state index in [1.54, 1.807) is 0 Å². The van der Waals surface area contributed by atoms with E-state index in [2.05, 4.69) is 21.6 Å². The van der Waals surface area contributed by atoms with Gasteiger partial charge in [0, 0.05) is 6.04 Å². The summed E-state index contributed by atoms with van der Waals surface area (Å²) in [5.41, 5.74) is 5.30. The van der Waals surface area contributed by atoms with Crippen molar-refractivity contribution in [1.29, 1.82) is 0 Å². The average Bonchev–Trinajstić information content (AvgIpc) is 2.26. The van der Waals surface area contributed by atoms with E-state index in [1.165, 1.54) is 12.4 Å². The van der Waals surface area contributed by atoms with Crippen molar-refractivity contribution in [2.45, 2.75) is 44.0 Å². The molecular formula is C10H18N4O2S. The smallest absolute Gasteiger partial charge is 0.243 e. The van der Waals surface area contributed by atoms with Crippen LogP contribution >= 0.6 is 0 Å². The van der Waals surface area contributed by atoms with Crippen molar-refractivity contribution < 1.29 is 8.42 Å². The van der Waals surface area contributed by atoms with E-state index in [9.17, 15) is 8.42 Å². The summed E-state index contributed by atoms with van der Waals surface area (Å²) in [4.78, 5) is 7.36. The molecule has 0 fully saturated rings. The number of nitrogens with two attached hydrogens (primary N) is 1. The Morgan fingerprint density at radius 2 is 2.00 bits per heavy atom. The molecule has 17 heavy (non-hydrogen) atoms. The Labute approximate surface area is 102 Å². The Hall–Kier alpha value is -1.21. The quantitative estimate of drug-likeness (QED) is 0.790. The summed E-state index contributed by atoms with van der Waals surface area (Å²) in [6.45, 7) is 3.90. The first kappa shape index (κ1) is 13.9. The van der Waals surface area contributed by atoms with Gasteiger partial charge in [-0.1, -0.05) is 19.8 Å². The molecule has 96 valence electrons. The van der Waals surface area contributed by atoms with Gasteiger partial charge >= 0.3 is 0 Å². The van der Waals surface area contributed by atoms with E-state index in [1.807, 2.05) is 6.92 Å². The van der Waals surface area contributed by atoms with Gasteiger partial charge in [0.2, 0.25) is 16.0 Å². The number of anilines is 1. The molecule has 1 heterocycles. The highest BCUT2D eigenvalue weighted by Gasteiger charge is 2.17. The van der Waals surface area contributed by atoms with Gasteiger partial charge < -0.3 is 5.73 Å². The molecule has 0 saturated carbocycles. The van der Waals surface area contributed by atoms with Crippen LogP contribution in [0.1, 0.15) is 33.1 Å². The lowest BCUT2D eigenvalue weighted by molar-refractivity contribution is 0.534. The summed E-state index contributed by atoms with van der Waals surface area (Å²) in [7, 11) is -3.54. The lowest BCUT2D eigenvalue weighted by atomic mass is 10.2. The Morgan fingerprint density at radius 1 is 1.41 bits per heavy atom. The van der Waals surface area contributed by atoms with Crippen LogP contribution in [0.3, 0.4) is 0 Å². The summed E-state index contributed by atoms with van der Waals surface area (Å²) >= 11 is 0. The van der Waals surface area contributed by atoms with Gasteiger partial charge in [0.25, 0.3) is 0 Å². The molecule has 1 atom stereocenters. The highest BCUT2D eigenvalue weighted by Crippen LogP contribution is 2.09. The molecule has 0 aliphatic heterocycles. The summed E-state index contributed by atoms with van der Waals surface area (Å²) in [6, 6.07) is -0.0995. The molecule has 0 bridgehead atoms. The van der Waals surface area contributed by atoms with Crippen LogP contribution in [0.25, 0.3) is 0 Å². The maximum Gasteiger partial charge on any atom is 0.243 e. The molecule has 1 aromatic rings. The molecule has 3 N–H and O–H groups in total. The second-order valence-electron chi connectivity index (χ2n) is 3.94. The van der Waals surface area contributed by atoms with Crippen LogP contribution in [0.15, 0.2) is 17.3 Å². The van der Waals surface area contributed by atoms with Crippen molar-refractivity contribution in [3.63, 3.8) is 0 Å². The molecule has 6 nitrogen and oxygen atoms in total. The molecule has 0 aliphatic carbocycles. The van der Waals surface area contributed by atoms with Crippen LogP contribution in [0.2, 0.25) is 0 Å². The number of rotatable bonds is 6. The van der Waals surface area contributed by atoms with Gasteiger partial charge in [0.15, 0.2) is 0 Å². The normalized spacial score (nSPS) is 13.5. The SMILES string of the molecule is CCCCC(C)NS(=O)(=O)c1cnc(N)nc1. The minimum Gasteiger partial charge on any atom is -0.368 e. The van der Waals surface area contributed by atoms with Crippen molar-refractivity contribution in [2.75, 3.05) is 5.73 Å². The van der Waals surface area contributed by atoms with E-state index in [4.69, 9.17) is 5.73 Å². The van der Waals surface area contributed by atoms with E-state index in [0.29, 0.717) is 0 Å². The summed E-state index contributed by atoms with van der Waals surface area (Å²) in [5, 5.41) is 0. The number of hydrogen-bond acceptors (Lipinski definition) is 5. The average molecular weight is 258 g/mol. The van der Waals surface area contributed by atoms with Crippen LogP contribution in [0.5, 0.6) is 0 Å². The molecule has 0 radical (unpaired) electrons. The van der Waals surface area contributed by atoms with E-state index in [-0.39, 0.29) is 16.9 Å². The van der Waals surface area contributed by atoms with E-state index >= 15 is 0 Å². The Balaban J connectivity index is 2.71. The highest BCUT2D eigenvalue weighted by atomic mass is 32.2. The molecule has 1 unspecified atom stereocenters. The maximum absolute atomic E-state index is 11.9. The first-order valence-electron chi connectivity index (χ1n) is 5.55. The summed E-state index contributed by atoms with van der Waals surface area (Å²) in [6.07, 6.45) is 5.25. The number of nitrogens with one attached hydrogen (secondary N) is 1. The minimum absolute atomic E-state index is 0.0371. The largest absolute Gasteiger partial charge is 0.368 e. The molecule has 0 aromatic carbocycles. The molecule has 0 spiro atoms. The zero-order valence-corrected chi connectivity index (χ0v) is 10.9. The zero-order chi connectivity index (χ0) is 12.9. The van der Waals surface area contributed by atoms with Crippen molar-refractivity contribution in [1.82, 2.24) is 14.7 Å². The number of hydrogen-bond donors (Lipinski definition) is 2. The van der Waals surface area contributed by atoms with Gasteiger partial charge in [0.05, 0.1) is 12.4 Å². The monoisotopic (exact) mass is 258 g/mol. The van der Waals surface area contributed by atoms with Crippen LogP contribution < -0.4 is 10.5 Å². The molecule has 0 aliphatic rings. The highest BCUT2D eigenvalue weighted by molar-refractivity contribution is 7.89. The molecule has 0 saturated heterocycles. The molecular weight excluding hydrogens is 240 g/mol. The second-order valence-corrected chi connectivity index (χ2v) is 5.66. The van der Waals surface area contributed by atoms with Gasteiger partial charge in [-0.25, -0.2) is 23.1 Å². The van der Waals surface area contributed by atoms with Crippen LogP contribution in [0, 0.1) is 0 Å². The van der Waals surface area contributed by atoms with Crippen LogP contribution in [0.4, 0.5) is 5.95 Å². The topological polar surface area (TPSA) is 98.0 Å². The van der Waals surface area contributed by atoms with Gasteiger partial charge in [-0.2, -0.15) is 0 Å². The fourth-order valence-corrected chi connectivity index (χ4v) is 2.53.